The number of aliphatic hydroxyl groups excluding tert-OH is 1. The second-order valence-electron chi connectivity index (χ2n) is 7.33. The molecule has 0 saturated carbocycles. The number of aliphatic hydroxyl groups is 1. The predicted octanol–water partition coefficient (Wildman–Crippen LogP) is 2.47. The minimum atomic E-state index is -0.573. The fourth-order valence-corrected chi connectivity index (χ4v) is 3.72. The Labute approximate surface area is 171 Å². The lowest BCUT2D eigenvalue weighted by molar-refractivity contribution is -0.131. The lowest BCUT2D eigenvalue weighted by atomic mass is 10.00. The number of carbonyl (C=O) groups is 2. The van der Waals surface area contributed by atoms with Crippen LogP contribution >= 0.6 is 0 Å². The number of likely N-dealkylation sites (tertiary alicyclic amines) is 1. The Morgan fingerprint density at radius 1 is 1.21 bits per heavy atom. The van der Waals surface area contributed by atoms with E-state index < -0.39 is 6.10 Å². The van der Waals surface area contributed by atoms with Crippen molar-refractivity contribution in [3.8, 4) is 5.75 Å². The van der Waals surface area contributed by atoms with Crippen molar-refractivity contribution in [3.63, 3.8) is 0 Å². The highest BCUT2D eigenvalue weighted by Gasteiger charge is 2.30. The maximum absolute atomic E-state index is 12.9. The first-order chi connectivity index (χ1) is 14.1. The Bertz CT molecular complexity index is 825. The number of nitrogens with one attached hydrogen (secondary N) is 1. The van der Waals surface area contributed by atoms with Crippen molar-refractivity contribution in [1.82, 2.24) is 10.2 Å². The molecule has 2 unspecified atom stereocenters. The van der Waals surface area contributed by atoms with E-state index in [4.69, 9.17) is 4.74 Å². The first kappa shape index (κ1) is 20.9. The van der Waals surface area contributed by atoms with E-state index in [1.165, 1.54) is 0 Å². The van der Waals surface area contributed by atoms with Gasteiger partial charge in [-0.2, -0.15) is 0 Å². The Morgan fingerprint density at radius 2 is 2.00 bits per heavy atom. The summed E-state index contributed by atoms with van der Waals surface area (Å²) in [5.74, 6) is 0.413. The third kappa shape index (κ3) is 5.81. The van der Waals surface area contributed by atoms with Crippen LogP contribution in [0.15, 0.2) is 54.6 Å². The van der Waals surface area contributed by atoms with Gasteiger partial charge in [0, 0.05) is 19.6 Å². The van der Waals surface area contributed by atoms with Crippen molar-refractivity contribution in [1.29, 1.82) is 0 Å². The summed E-state index contributed by atoms with van der Waals surface area (Å²) in [7, 11) is 1.56. The van der Waals surface area contributed by atoms with Crippen LogP contribution in [0.1, 0.15) is 36.5 Å². The molecule has 1 saturated heterocycles. The van der Waals surface area contributed by atoms with Gasteiger partial charge in [-0.1, -0.05) is 42.5 Å². The summed E-state index contributed by atoms with van der Waals surface area (Å²) >= 11 is 0. The third-order valence-corrected chi connectivity index (χ3v) is 5.28. The molecule has 2 amide bonds. The molecule has 0 aromatic heterocycles. The van der Waals surface area contributed by atoms with Crippen molar-refractivity contribution in [3.05, 3.63) is 65.7 Å². The Hall–Kier alpha value is -2.86. The maximum atomic E-state index is 12.9. The zero-order valence-corrected chi connectivity index (χ0v) is 16.7. The van der Waals surface area contributed by atoms with E-state index in [9.17, 15) is 14.7 Å². The molecule has 2 aromatic carbocycles. The summed E-state index contributed by atoms with van der Waals surface area (Å²) in [4.78, 5) is 26.1. The number of rotatable bonds is 8. The molecule has 29 heavy (non-hydrogen) atoms. The molecule has 6 heteroatoms. The molecule has 0 bridgehead atoms. The minimum absolute atomic E-state index is 0.0467. The molecule has 2 aromatic rings. The zero-order valence-electron chi connectivity index (χ0n) is 16.7. The van der Waals surface area contributed by atoms with Crippen molar-refractivity contribution in [2.75, 3.05) is 20.2 Å². The van der Waals surface area contributed by atoms with Crippen LogP contribution < -0.4 is 10.1 Å². The zero-order chi connectivity index (χ0) is 20.6. The largest absolute Gasteiger partial charge is 0.484 e. The molecular formula is C23H28N2O4. The molecular weight excluding hydrogens is 368 g/mol. The third-order valence-electron chi connectivity index (χ3n) is 5.28. The van der Waals surface area contributed by atoms with Crippen LogP contribution in [-0.2, 0) is 16.0 Å². The number of likely N-dealkylation sites (N-methyl/N-ethyl adjacent to an activating group) is 1. The average molecular weight is 396 g/mol. The molecule has 2 N–H and O–H groups in total. The number of hydrogen-bond acceptors (Lipinski definition) is 4. The molecule has 3 rings (SSSR count). The van der Waals surface area contributed by atoms with Gasteiger partial charge in [-0.3, -0.25) is 9.59 Å². The monoisotopic (exact) mass is 396 g/mol. The summed E-state index contributed by atoms with van der Waals surface area (Å²) < 4.78 is 5.46. The van der Waals surface area contributed by atoms with E-state index in [0.717, 1.165) is 30.5 Å². The molecule has 6 nitrogen and oxygen atoms in total. The van der Waals surface area contributed by atoms with E-state index in [1.54, 1.807) is 19.2 Å². The molecule has 1 fully saturated rings. The van der Waals surface area contributed by atoms with Crippen molar-refractivity contribution in [2.45, 2.75) is 37.8 Å². The van der Waals surface area contributed by atoms with Crippen LogP contribution in [0.5, 0.6) is 5.75 Å². The molecule has 0 aliphatic carbocycles. The lowest BCUT2D eigenvalue weighted by Gasteiger charge is -2.27. The van der Waals surface area contributed by atoms with E-state index >= 15 is 0 Å². The molecule has 1 aliphatic heterocycles. The molecule has 0 spiro atoms. The van der Waals surface area contributed by atoms with Gasteiger partial charge in [-0.25, -0.2) is 0 Å². The summed E-state index contributed by atoms with van der Waals surface area (Å²) in [6.07, 6.45) is 2.11. The standard InChI is InChI=1S/C23H28N2O4/c1-24-22(27)16-29-20-11-5-7-17(13-20)14-23(28)25-12-6-10-19(25)15-21(26)18-8-3-2-4-9-18/h2-5,7-9,11,13,19,21,26H,6,10,12,14-16H2,1H3,(H,24,27). The quantitative estimate of drug-likeness (QED) is 0.719. The number of nitrogens with zero attached hydrogens (tertiary/aromatic N) is 1. The minimum Gasteiger partial charge on any atom is -0.484 e. The molecule has 1 heterocycles. The van der Waals surface area contributed by atoms with Crippen LogP contribution in [0.2, 0.25) is 0 Å². The van der Waals surface area contributed by atoms with Crippen molar-refractivity contribution in [2.24, 2.45) is 0 Å². The first-order valence-electron chi connectivity index (χ1n) is 10.0. The fourth-order valence-electron chi connectivity index (χ4n) is 3.72. The van der Waals surface area contributed by atoms with Crippen LogP contribution in [0.3, 0.4) is 0 Å². The maximum Gasteiger partial charge on any atom is 0.257 e. The van der Waals surface area contributed by atoms with Crippen LogP contribution in [-0.4, -0.2) is 48.1 Å². The second kappa shape index (κ2) is 10.1. The highest BCUT2D eigenvalue weighted by Crippen LogP contribution is 2.28. The lowest BCUT2D eigenvalue weighted by Crippen LogP contribution is -2.37. The Balaban J connectivity index is 1.58. The van der Waals surface area contributed by atoms with E-state index in [0.29, 0.717) is 12.2 Å². The molecule has 1 aliphatic rings. The Morgan fingerprint density at radius 3 is 2.76 bits per heavy atom. The molecule has 0 radical (unpaired) electrons. The topological polar surface area (TPSA) is 78.9 Å². The van der Waals surface area contributed by atoms with E-state index in [1.807, 2.05) is 47.4 Å². The highest BCUT2D eigenvalue weighted by molar-refractivity contribution is 5.79. The van der Waals surface area contributed by atoms with Gasteiger partial charge in [0.2, 0.25) is 5.91 Å². The number of hydrogen-bond donors (Lipinski definition) is 2. The van der Waals surface area contributed by atoms with Gasteiger partial charge in [-0.15, -0.1) is 0 Å². The van der Waals surface area contributed by atoms with Crippen molar-refractivity contribution >= 4 is 11.8 Å². The number of amides is 2. The SMILES string of the molecule is CNC(=O)COc1cccc(CC(=O)N2CCCC2CC(O)c2ccccc2)c1. The van der Waals surface area contributed by atoms with E-state index in [2.05, 4.69) is 5.32 Å². The predicted molar refractivity (Wildman–Crippen MR) is 110 cm³/mol. The van der Waals surface area contributed by atoms with Gasteiger partial charge < -0.3 is 20.1 Å². The second-order valence-corrected chi connectivity index (χ2v) is 7.33. The fraction of sp³-hybridized carbons (Fsp3) is 0.391. The molecule has 2 atom stereocenters. The smallest absolute Gasteiger partial charge is 0.257 e. The normalized spacial score (nSPS) is 17.0. The van der Waals surface area contributed by atoms with Gasteiger partial charge in [0.05, 0.1) is 12.5 Å². The van der Waals surface area contributed by atoms with Crippen LogP contribution in [0, 0.1) is 0 Å². The van der Waals surface area contributed by atoms with Gasteiger partial charge in [0.15, 0.2) is 6.61 Å². The molecule has 154 valence electrons. The summed E-state index contributed by atoms with van der Waals surface area (Å²) in [6.45, 7) is 0.664. The Kier molecular flexibility index (Phi) is 7.25. The summed E-state index contributed by atoms with van der Waals surface area (Å²) in [5, 5.41) is 13.0. The van der Waals surface area contributed by atoms with Gasteiger partial charge in [0.1, 0.15) is 5.75 Å². The van der Waals surface area contributed by atoms with Crippen molar-refractivity contribution < 1.29 is 19.4 Å². The summed E-state index contributed by atoms with van der Waals surface area (Å²) in [6, 6.07) is 16.9. The van der Waals surface area contributed by atoms with Gasteiger partial charge >= 0.3 is 0 Å². The number of benzene rings is 2. The van der Waals surface area contributed by atoms with Gasteiger partial charge in [0.25, 0.3) is 5.91 Å². The van der Waals surface area contributed by atoms with Gasteiger partial charge in [-0.05, 0) is 42.5 Å². The van der Waals surface area contributed by atoms with Crippen LogP contribution in [0.25, 0.3) is 0 Å². The van der Waals surface area contributed by atoms with E-state index in [-0.39, 0.29) is 30.9 Å². The number of carbonyl (C=O) groups excluding carboxylic acids is 2. The summed E-state index contributed by atoms with van der Waals surface area (Å²) in [5.41, 5.74) is 1.73. The van der Waals surface area contributed by atoms with Crippen LogP contribution in [0.4, 0.5) is 0 Å². The average Bonchev–Trinajstić information content (AvgIpc) is 3.21. The number of ether oxygens (including phenoxy) is 1. The first-order valence-corrected chi connectivity index (χ1v) is 10.0. The highest BCUT2D eigenvalue weighted by atomic mass is 16.5.